The lowest BCUT2D eigenvalue weighted by molar-refractivity contribution is -0.118. The molecule has 2 aromatic carbocycles. The largest absolute Gasteiger partial charge is 0.497 e. The fourth-order valence-electron chi connectivity index (χ4n) is 2.60. The number of halogens is 1. The second-order valence-corrected chi connectivity index (χ2v) is 6.14. The Labute approximate surface area is 135 Å². The van der Waals surface area contributed by atoms with Crippen LogP contribution >= 0.6 is 11.6 Å². The van der Waals surface area contributed by atoms with Gasteiger partial charge in [0.15, 0.2) is 0 Å². The van der Waals surface area contributed by atoms with Crippen LogP contribution in [0.4, 0.5) is 5.69 Å². The van der Waals surface area contributed by atoms with Crippen LogP contribution in [0.5, 0.6) is 5.75 Å². The van der Waals surface area contributed by atoms with E-state index in [2.05, 4.69) is 5.32 Å². The monoisotopic (exact) mass is 315 g/mol. The second kappa shape index (κ2) is 5.65. The van der Waals surface area contributed by atoms with Crippen LogP contribution in [0.15, 0.2) is 42.5 Å². The first kappa shape index (κ1) is 14.9. The highest BCUT2D eigenvalue weighted by Crippen LogP contribution is 2.49. The Balaban J connectivity index is 1.79. The van der Waals surface area contributed by atoms with Crippen molar-refractivity contribution < 1.29 is 9.53 Å². The predicted molar refractivity (Wildman–Crippen MR) is 88.7 cm³/mol. The number of methoxy groups -OCH3 is 1. The SMILES string of the molecule is COc1ccc(C2(C(=O)Nc3ccc(C)c(Cl)c3)CC2)cc1. The average Bonchev–Trinajstić information content (AvgIpc) is 3.33. The Morgan fingerprint density at radius 2 is 1.86 bits per heavy atom. The Morgan fingerprint density at radius 3 is 2.41 bits per heavy atom. The standard InChI is InChI=1S/C18H18ClNO2/c1-12-3-6-14(11-16(12)19)20-17(21)18(9-10-18)13-4-7-15(22-2)8-5-13/h3-8,11H,9-10H2,1-2H3,(H,20,21). The fourth-order valence-corrected chi connectivity index (χ4v) is 2.78. The lowest BCUT2D eigenvalue weighted by Gasteiger charge is -2.16. The van der Waals surface area contributed by atoms with Crippen LogP contribution in [0, 0.1) is 6.92 Å². The quantitative estimate of drug-likeness (QED) is 0.912. The first-order valence-electron chi connectivity index (χ1n) is 7.27. The van der Waals surface area contributed by atoms with Gasteiger partial charge in [-0.15, -0.1) is 0 Å². The molecule has 114 valence electrons. The summed E-state index contributed by atoms with van der Waals surface area (Å²) in [6.07, 6.45) is 1.73. The van der Waals surface area contributed by atoms with E-state index < -0.39 is 5.41 Å². The molecule has 1 fully saturated rings. The van der Waals surface area contributed by atoms with Gasteiger partial charge in [-0.3, -0.25) is 4.79 Å². The second-order valence-electron chi connectivity index (χ2n) is 5.73. The summed E-state index contributed by atoms with van der Waals surface area (Å²) < 4.78 is 5.17. The Bertz CT molecular complexity index is 706. The van der Waals surface area contributed by atoms with E-state index in [0.717, 1.165) is 35.4 Å². The molecule has 0 unspecified atom stereocenters. The molecule has 1 N–H and O–H groups in total. The number of ether oxygens (including phenoxy) is 1. The van der Waals surface area contributed by atoms with E-state index in [1.165, 1.54) is 0 Å². The zero-order valence-corrected chi connectivity index (χ0v) is 13.4. The highest BCUT2D eigenvalue weighted by Gasteiger charge is 2.51. The maximum atomic E-state index is 12.7. The third-order valence-electron chi connectivity index (χ3n) is 4.26. The van der Waals surface area contributed by atoms with Crippen molar-refractivity contribution in [2.45, 2.75) is 25.2 Å². The molecule has 2 aromatic rings. The summed E-state index contributed by atoms with van der Waals surface area (Å²) >= 11 is 6.11. The van der Waals surface area contributed by atoms with Gasteiger partial charge in [-0.25, -0.2) is 0 Å². The minimum absolute atomic E-state index is 0.0255. The number of rotatable bonds is 4. The van der Waals surface area contributed by atoms with Gasteiger partial charge in [-0.1, -0.05) is 29.8 Å². The molecule has 22 heavy (non-hydrogen) atoms. The summed E-state index contributed by atoms with van der Waals surface area (Å²) in [5.74, 6) is 0.822. The fraction of sp³-hybridized carbons (Fsp3) is 0.278. The van der Waals surface area contributed by atoms with E-state index in [9.17, 15) is 4.79 Å². The summed E-state index contributed by atoms with van der Waals surface area (Å²) in [6.45, 7) is 1.94. The average molecular weight is 316 g/mol. The maximum Gasteiger partial charge on any atom is 0.235 e. The van der Waals surface area contributed by atoms with Crippen molar-refractivity contribution >= 4 is 23.2 Å². The molecule has 3 rings (SSSR count). The van der Waals surface area contributed by atoms with Crippen molar-refractivity contribution in [2.75, 3.05) is 12.4 Å². The molecule has 3 nitrogen and oxygen atoms in total. The van der Waals surface area contributed by atoms with Gasteiger partial charge in [0.05, 0.1) is 12.5 Å². The van der Waals surface area contributed by atoms with Gasteiger partial charge < -0.3 is 10.1 Å². The van der Waals surface area contributed by atoms with E-state index in [0.29, 0.717) is 5.02 Å². The predicted octanol–water partition coefficient (Wildman–Crippen LogP) is 4.33. The third kappa shape index (κ3) is 2.69. The van der Waals surface area contributed by atoms with Crippen LogP contribution in [0.25, 0.3) is 0 Å². The van der Waals surface area contributed by atoms with Crippen molar-refractivity contribution in [3.63, 3.8) is 0 Å². The zero-order valence-electron chi connectivity index (χ0n) is 12.7. The van der Waals surface area contributed by atoms with Gasteiger partial charge >= 0.3 is 0 Å². The van der Waals surface area contributed by atoms with Crippen LogP contribution < -0.4 is 10.1 Å². The number of carbonyl (C=O) groups is 1. The topological polar surface area (TPSA) is 38.3 Å². The Kier molecular flexibility index (Phi) is 3.83. The van der Waals surface area contributed by atoms with E-state index in [-0.39, 0.29) is 5.91 Å². The van der Waals surface area contributed by atoms with Crippen molar-refractivity contribution in [2.24, 2.45) is 0 Å². The number of amides is 1. The molecular formula is C18H18ClNO2. The van der Waals surface area contributed by atoms with E-state index >= 15 is 0 Å². The molecule has 4 heteroatoms. The first-order valence-corrected chi connectivity index (χ1v) is 7.65. The van der Waals surface area contributed by atoms with Crippen LogP contribution in [-0.4, -0.2) is 13.0 Å². The molecule has 1 amide bonds. The lowest BCUT2D eigenvalue weighted by atomic mass is 9.94. The number of aryl methyl sites for hydroxylation is 1. The molecule has 0 radical (unpaired) electrons. The molecule has 0 saturated heterocycles. The van der Waals surface area contributed by atoms with Crippen molar-refractivity contribution in [1.29, 1.82) is 0 Å². The van der Waals surface area contributed by atoms with E-state index in [1.54, 1.807) is 13.2 Å². The Morgan fingerprint density at radius 1 is 1.18 bits per heavy atom. The van der Waals surface area contributed by atoms with Crippen molar-refractivity contribution in [3.05, 3.63) is 58.6 Å². The molecular weight excluding hydrogens is 298 g/mol. The van der Waals surface area contributed by atoms with Gasteiger partial charge in [0.2, 0.25) is 5.91 Å². The summed E-state index contributed by atoms with van der Waals surface area (Å²) in [7, 11) is 1.63. The maximum absolute atomic E-state index is 12.7. The van der Waals surface area contributed by atoms with Gasteiger partial charge in [0, 0.05) is 10.7 Å². The molecule has 0 aliphatic heterocycles. The smallest absolute Gasteiger partial charge is 0.235 e. The molecule has 0 atom stereocenters. The molecule has 1 saturated carbocycles. The normalized spacial score (nSPS) is 15.2. The Hall–Kier alpha value is -2.00. The van der Waals surface area contributed by atoms with Crippen LogP contribution in [0.1, 0.15) is 24.0 Å². The van der Waals surface area contributed by atoms with Gasteiger partial charge in [0.25, 0.3) is 0 Å². The van der Waals surface area contributed by atoms with Gasteiger partial charge in [-0.05, 0) is 55.2 Å². The van der Waals surface area contributed by atoms with Crippen LogP contribution in [0.2, 0.25) is 5.02 Å². The number of carbonyl (C=O) groups excluding carboxylic acids is 1. The summed E-state index contributed by atoms with van der Waals surface area (Å²) in [6, 6.07) is 13.3. The minimum atomic E-state index is -0.413. The number of anilines is 1. The van der Waals surface area contributed by atoms with E-state index in [4.69, 9.17) is 16.3 Å². The summed E-state index contributed by atoms with van der Waals surface area (Å²) in [5.41, 5.74) is 2.35. The van der Waals surface area contributed by atoms with Gasteiger partial charge in [-0.2, -0.15) is 0 Å². The van der Waals surface area contributed by atoms with Gasteiger partial charge in [0.1, 0.15) is 5.75 Å². The first-order chi connectivity index (χ1) is 10.5. The third-order valence-corrected chi connectivity index (χ3v) is 4.66. The van der Waals surface area contributed by atoms with Crippen molar-refractivity contribution in [1.82, 2.24) is 0 Å². The molecule has 1 aliphatic rings. The van der Waals surface area contributed by atoms with Crippen molar-refractivity contribution in [3.8, 4) is 5.75 Å². The number of nitrogens with one attached hydrogen (secondary N) is 1. The highest BCUT2D eigenvalue weighted by molar-refractivity contribution is 6.31. The number of benzene rings is 2. The number of hydrogen-bond acceptors (Lipinski definition) is 2. The lowest BCUT2D eigenvalue weighted by Crippen LogP contribution is -2.27. The highest BCUT2D eigenvalue weighted by atomic mass is 35.5. The van der Waals surface area contributed by atoms with Crippen LogP contribution in [0.3, 0.4) is 0 Å². The summed E-state index contributed by atoms with van der Waals surface area (Å²) in [4.78, 5) is 12.7. The molecule has 0 bridgehead atoms. The molecule has 1 aliphatic carbocycles. The molecule has 0 heterocycles. The molecule has 0 aromatic heterocycles. The zero-order chi connectivity index (χ0) is 15.7. The van der Waals surface area contributed by atoms with E-state index in [1.807, 2.05) is 43.3 Å². The molecule has 0 spiro atoms. The van der Waals surface area contributed by atoms with Crippen LogP contribution in [-0.2, 0) is 10.2 Å². The minimum Gasteiger partial charge on any atom is -0.497 e. The number of hydrogen-bond donors (Lipinski definition) is 1. The summed E-state index contributed by atoms with van der Waals surface area (Å²) in [5, 5.41) is 3.64.